The van der Waals surface area contributed by atoms with E-state index in [4.69, 9.17) is 5.14 Å². The van der Waals surface area contributed by atoms with Crippen molar-refractivity contribution in [3.63, 3.8) is 0 Å². The minimum atomic E-state index is -3.77. The van der Waals surface area contributed by atoms with Gasteiger partial charge in [-0.15, -0.1) is 0 Å². The predicted molar refractivity (Wildman–Crippen MR) is 125 cm³/mol. The molecular formula is C21H19N5O4S2. The van der Waals surface area contributed by atoms with Crippen LogP contribution in [0.25, 0.3) is 22.0 Å². The maximum Gasteiger partial charge on any atom is 0.238 e. The Morgan fingerprint density at radius 3 is 2.28 bits per heavy atom. The minimum absolute atomic E-state index is 0.00681. The Hall–Kier alpha value is -3.54. The minimum Gasteiger partial charge on any atom is -0.324 e. The summed E-state index contributed by atoms with van der Waals surface area (Å²) in [7, 11) is -7.18. The highest BCUT2D eigenvalue weighted by Gasteiger charge is 2.11. The number of nitrogens with zero attached hydrogens (tertiary/aromatic N) is 2. The second-order valence-electron chi connectivity index (χ2n) is 7.09. The lowest BCUT2D eigenvalue weighted by molar-refractivity contribution is 0.597. The molecule has 3 aromatic carbocycles. The first kappa shape index (κ1) is 21.7. The predicted octanol–water partition coefficient (Wildman–Crippen LogP) is 3.06. The molecule has 0 amide bonds. The van der Waals surface area contributed by atoms with E-state index < -0.39 is 20.0 Å². The summed E-state index contributed by atoms with van der Waals surface area (Å²) < 4.78 is 48.5. The average molecular weight is 470 g/mol. The van der Waals surface area contributed by atoms with E-state index in [-0.39, 0.29) is 4.90 Å². The molecule has 0 saturated carbocycles. The molecule has 4 rings (SSSR count). The smallest absolute Gasteiger partial charge is 0.238 e. The first-order valence-electron chi connectivity index (χ1n) is 9.32. The molecule has 4 aromatic rings. The molecule has 0 aliphatic carbocycles. The van der Waals surface area contributed by atoms with Gasteiger partial charge >= 0.3 is 0 Å². The molecule has 0 aliphatic heterocycles. The van der Waals surface area contributed by atoms with Crippen molar-refractivity contribution >= 4 is 48.3 Å². The van der Waals surface area contributed by atoms with E-state index in [1.54, 1.807) is 36.5 Å². The van der Waals surface area contributed by atoms with Gasteiger partial charge in [0.15, 0.2) is 0 Å². The molecule has 0 radical (unpaired) electrons. The zero-order chi connectivity index (χ0) is 22.9. The molecule has 164 valence electrons. The number of sulfonamides is 2. The van der Waals surface area contributed by atoms with Crippen LogP contribution in [0.1, 0.15) is 0 Å². The molecule has 0 atom stereocenters. The SMILES string of the molecule is CS(=O)(=O)Nc1cccc(-c2cccc3cnc(Nc4ccc(S(N)(=O)=O)cc4)nc23)c1. The van der Waals surface area contributed by atoms with Crippen LogP contribution < -0.4 is 15.2 Å². The number of nitrogens with one attached hydrogen (secondary N) is 2. The van der Waals surface area contributed by atoms with Crippen molar-refractivity contribution in [3.05, 3.63) is 72.9 Å². The molecule has 9 nitrogen and oxygen atoms in total. The van der Waals surface area contributed by atoms with Gasteiger partial charge in [-0.3, -0.25) is 4.72 Å². The van der Waals surface area contributed by atoms with E-state index in [0.29, 0.717) is 22.8 Å². The molecule has 1 aromatic heterocycles. The number of nitrogens with two attached hydrogens (primary N) is 1. The van der Waals surface area contributed by atoms with E-state index in [1.165, 1.54) is 12.1 Å². The highest BCUT2D eigenvalue weighted by Crippen LogP contribution is 2.30. The van der Waals surface area contributed by atoms with Crippen molar-refractivity contribution in [2.75, 3.05) is 16.3 Å². The number of hydrogen-bond acceptors (Lipinski definition) is 7. The number of rotatable bonds is 6. The van der Waals surface area contributed by atoms with Crippen molar-refractivity contribution in [1.82, 2.24) is 9.97 Å². The Bertz CT molecular complexity index is 1520. The van der Waals surface area contributed by atoms with Gasteiger partial charge in [0.25, 0.3) is 0 Å². The standard InChI is InChI=1S/C21H19N5O4S2/c1-31(27,28)26-17-6-2-4-14(12-17)19-7-3-5-15-13-23-21(25-20(15)19)24-16-8-10-18(11-9-16)32(22,29)30/h2-13,26H,1H3,(H2,22,29,30)(H,23,24,25). The molecule has 0 fully saturated rings. The van der Waals surface area contributed by atoms with E-state index in [1.807, 2.05) is 24.3 Å². The van der Waals surface area contributed by atoms with Crippen molar-refractivity contribution in [1.29, 1.82) is 0 Å². The Labute approximate surface area is 185 Å². The highest BCUT2D eigenvalue weighted by atomic mass is 32.2. The molecule has 0 saturated heterocycles. The molecule has 32 heavy (non-hydrogen) atoms. The van der Waals surface area contributed by atoms with Gasteiger partial charge in [-0.25, -0.2) is 31.9 Å². The van der Waals surface area contributed by atoms with Crippen molar-refractivity contribution in [2.24, 2.45) is 5.14 Å². The number of benzene rings is 3. The summed E-state index contributed by atoms with van der Waals surface area (Å²) in [5.41, 5.74) is 3.29. The summed E-state index contributed by atoms with van der Waals surface area (Å²) in [5.74, 6) is 0.318. The number of para-hydroxylation sites is 1. The Morgan fingerprint density at radius 1 is 0.875 bits per heavy atom. The highest BCUT2D eigenvalue weighted by molar-refractivity contribution is 7.92. The molecule has 0 unspecified atom stereocenters. The fraction of sp³-hybridized carbons (Fsp3) is 0.0476. The monoisotopic (exact) mass is 469 g/mol. The van der Waals surface area contributed by atoms with Gasteiger partial charge in [-0.2, -0.15) is 0 Å². The summed E-state index contributed by atoms with van der Waals surface area (Å²) in [4.78, 5) is 8.94. The second-order valence-corrected chi connectivity index (χ2v) is 10.4. The topological polar surface area (TPSA) is 144 Å². The third kappa shape index (κ3) is 5.02. The van der Waals surface area contributed by atoms with Crippen molar-refractivity contribution in [2.45, 2.75) is 4.90 Å². The van der Waals surface area contributed by atoms with Gasteiger partial charge in [0.05, 0.1) is 16.7 Å². The van der Waals surface area contributed by atoms with Gasteiger partial charge in [-0.05, 0) is 42.0 Å². The molecule has 0 bridgehead atoms. The van der Waals surface area contributed by atoms with Crippen LogP contribution in [0.2, 0.25) is 0 Å². The lowest BCUT2D eigenvalue weighted by Gasteiger charge is -2.11. The van der Waals surface area contributed by atoms with Crippen LogP contribution >= 0.6 is 0 Å². The lowest BCUT2D eigenvalue weighted by Crippen LogP contribution is -2.11. The van der Waals surface area contributed by atoms with Crippen LogP contribution in [0.3, 0.4) is 0 Å². The van der Waals surface area contributed by atoms with Crippen LogP contribution in [0.15, 0.2) is 77.8 Å². The zero-order valence-electron chi connectivity index (χ0n) is 16.8. The maximum atomic E-state index is 11.6. The number of hydrogen-bond donors (Lipinski definition) is 3. The second kappa shape index (κ2) is 8.19. The van der Waals surface area contributed by atoms with Crippen LogP contribution in [-0.2, 0) is 20.0 Å². The third-order valence-corrected chi connectivity index (χ3v) is 6.06. The number of fused-ring (bicyclic) bond motifs is 1. The maximum absolute atomic E-state index is 11.6. The van der Waals surface area contributed by atoms with Gasteiger partial charge in [0.1, 0.15) is 0 Å². The van der Waals surface area contributed by atoms with E-state index in [0.717, 1.165) is 22.8 Å². The quantitative estimate of drug-likeness (QED) is 0.393. The van der Waals surface area contributed by atoms with Gasteiger partial charge in [-0.1, -0.05) is 30.3 Å². The third-order valence-electron chi connectivity index (χ3n) is 4.53. The summed E-state index contributed by atoms with van der Waals surface area (Å²) in [6, 6.07) is 18.6. The van der Waals surface area contributed by atoms with Crippen LogP contribution in [0.5, 0.6) is 0 Å². The van der Waals surface area contributed by atoms with Crippen molar-refractivity contribution < 1.29 is 16.8 Å². The largest absolute Gasteiger partial charge is 0.324 e. The fourth-order valence-corrected chi connectivity index (χ4v) is 4.24. The Morgan fingerprint density at radius 2 is 1.59 bits per heavy atom. The van der Waals surface area contributed by atoms with Crippen molar-refractivity contribution in [3.8, 4) is 11.1 Å². The van der Waals surface area contributed by atoms with Crippen LogP contribution in [0.4, 0.5) is 17.3 Å². The van der Waals surface area contributed by atoms with Gasteiger partial charge < -0.3 is 5.32 Å². The molecule has 0 spiro atoms. The fourth-order valence-electron chi connectivity index (χ4n) is 3.17. The molecule has 4 N–H and O–H groups in total. The van der Waals surface area contributed by atoms with E-state index >= 15 is 0 Å². The van der Waals surface area contributed by atoms with E-state index in [9.17, 15) is 16.8 Å². The summed E-state index contributed by atoms with van der Waals surface area (Å²) in [6.45, 7) is 0. The molecular weight excluding hydrogens is 450 g/mol. The summed E-state index contributed by atoms with van der Waals surface area (Å²) in [5, 5.41) is 8.98. The first-order valence-corrected chi connectivity index (χ1v) is 12.8. The van der Waals surface area contributed by atoms with Crippen LogP contribution in [-0.4, -0.2) is 33.1 Å². The first-order chi connectivity index (χ1) is 15.1. The summed E-state index contributed by atoms with van der Waals surface area (Å²) in [6.07, 6.45) is 2.77. The molecule has 0 aliphatic rings. The van der Waals surface area contributed by atoms with Gasteiger partial charge in [0, 0.05) is 28.5 Å². The lowest BCUT2D eigenvalue weighted by atomic mass is 10.0. The zero-order valence-corrected chi connectivity index (χ0v) is 18.5. The summed E-state index contributed by atoms with van der Waals surface area (Å²) >= 11 is 0. The Balaban J connectivity index is 1.71. The molecule has 1 heterocycles. The number of aromatic nitrogens is 2. The average Bonchev–Trinajstić information content (AvgIpc) is 2.72. The Kier molecular flexibility index (Phi) is 5.55. The van der Waals surface area contributed by atoms with Gasteiger partial charge in [0.2, 0.25) is 26.0 Å². The normalized spacial score (nSPS) is 11.9. The molecule has 11 heteroatoms. The van der Waals surface area contributed by atoms with E-state index in [2.05, 4.69) is 20.0 Å². The number of anilines is 3. The number of primary sulfonamides is 1. The van der Waals surface area contributed by atoms with Crippen LogP contribution in [0, 0.1) is 0 Å².